The second-order valence-corrected chi connectivity index (χ2v) is 6.65. The van der Waals surface area contributed by atoms with Gasteiger partial charge in [-0.15, -0.1) is 0 Å². The number of rotatable bonds is 4. The molecule has 0 atom stereocenters. The van der Waals surface area contributed by atoms with Crippen LogP contribution in [0.15, 0.2) is 72.9 Å². The van der Waals surface area contributed by atoms with Crippen LogP contribution in [0.5, 0.6) is 0 Å². The number of benzene rings is 2. The van der Waals surface area contributed by atoms with E-state index in [1.54, 1.807) is 0 Å². The lowest BCUT2D eigenvalue weighted by Gasteiger charge is -2.09. The molecule has 3 heterocycles. The number of pyridine rings is 1. The average Bonchev–Trinajstić information content (AvgIpc) is 3.27. The summed E-state index contributed by atoms with van der Waals surface area (Å²) in [7, 11) is 0. The van der Waals surface area contributed by atoms with Crippen molar-refractivity contribution >= 4 is 22.4 Å². The number of hydrogen-bond donors (Lipinski definition) is 2. The van der Waals surface area contributed by atoms with Crippen LogP contribution in [-0.2, 0) is 6.54 Å². The van der Waals surface area contributed by atoms with E-state index < -0.39 is 0 Å². The fourth-order valence-corrected chi connectivity index (χ4v) is 3.44. The number of imidazole rings is 1. The fraction of sp³-hybridized carbons (Fsp3) is 0.0909. The molecule has 27 heavy (non-hydrogen) atoms. The molecule has 5 nitrogen and oxygen atoms in total. The summed E-state index contributed by atoms with van der Waals surface area (Å²) in [5.74, 6) is 0.995. The summed E-state index contributed by atoms with van der Waals surface area (Å²) in [5, 5.41) is 12.1. The van der Waals surface area contributed by atoms with Gasteiger partial charge in [0.1, 0.15) is 17.2 Å². The minimum Gasteiger partial charge on any atom is -0.365 e. The minimum absolute atomic E-state index is 0.740. The lowest BCUT2D eigenvalue weighted by atomic mass is 10.1. The molecule has 5 heteroatoms. The van der Waals surface area contributed by atoms with Gasteiger partial charge in [-0.3, -0.25) is 9.50 Å². The van der Waals surface area contributed by atoms with E-state index in [4.69, 9.17) is 4.98 Å². The summed E-state index contributed by atoms with van der Waals surface area (Å²) in [6.07, 6.45) is 2.04. The zero-order chi connectivity index (χ0) is 18.2. The van der Waals surface area contributed by atoms with E-state index in [0.29, 0.717) is 0 Å². The highest BCUT2D eigenvalue weighted by Gasteiger charge is 2.15. The standard InChI is InChI=1S/C22H19N5/c1-15-18-13-17(10-11-19(18)26-25-15)21-22(23-14-16-7-3-2-4-8-16)27-12-6-5-9-20(27)24-21/h2-13,23H,14H2,1H3,(H,25,26). The number of anilines is 1. The Bertz CT molecular complexity index is 1230. The Kier molecular flexibility index (Phi) is 3.64. The third-order valence-electron chi connectivity index (χ3n) is 4.86. The Balaban J connectivity index is 1.63. The first-order valence-electron chi connectivity index (χ1n) is 8.99. The van der Waals surface area contributed by atoms with Crippen molar-refractivity contribution in [1.29, 1.82) is 0 Å². The maximum Gasteiger partial charge on any atom is 0.139 e. The van der Waals surface area contributed by atoms with Crippen molar-refractivity contribution in [3.8, 4) is 11.3 Å². The van der Waals surface area contributed by atoms with Gasteiger partial charge < -0.3 is 5.32 Å². The number of H-pyrrole nitrogens is 1. The SMILES string of the molecule is Cc1n[nH]c2ccc(-c3nc4ccccn4c3NCc3ccccc3)cc12. The summed E-state index contributed by atoms with van der Waals surface area (Å²) in [6, 6.07) is 22.8. The van der Waals surface area contributed by atoms with Crippen LogP contribution < -0.4 is 5.32 Å². The number of fused-ring (bicyclic) bond motifs is 2. The van der Waals surface area contributed by atoms with E-state index in [-0.39, 0.29) is 0 Å². The molecule has 0 aliphatic heterocycles. The van der Waals surface area contributed by atoms with Gasteiger partial charge in [0.25, 0.3) is 0 Å². The van der Waals surface area contributed by atoms with E-state index in [9.17, 15) is 0 Å². The first-order chi connectivity index (χ1) is 13.3. The second kappa shape index (κ2) is 6.29. The number of aromatic amines is 1. The normalized spacial score (nSPS) is 11.3. The molecule has 3 aromatic heterocycles. The molecule has 0 fully saturated rings. The van der Waals surface area contributed by atoms with Crippen LogP contribution in [0.25, 0.3) is 27.8 Å². The van der Waals surface area contributed by atoms with Gasteiger partial charge in [-0.2, -0.15) is 5.10 Å². The number of aromatic nitrogens is 4. The molecule has 132 valence electrons. The molecule has 2 aromatic carbocycles. The van der Waals surface area contributed by atoms with Crippen molar-refractivity contribution in [2.75, 3.05) is 5.32 Å². The number of nitrogens with one attached hydrogen (secondary N) is 2. The zero-order valence-electron chi connectivity index (χ0n) is 15.0. The van der Waals surface area contributed by atoms with Crippen LogP contribution in [0.2, 0.25) is 0 Å². The molecule has 5 aromatic rings. The summed E-state index contributed by atoms with van der Waals surface area (Å²) in [6.45, 7) is 2.75. The predicted octanol–water partition coefficient (Wildman–Crippen LogP) is 4.80. The molecule has 0 bridgehead atoms. The van der Waals surface area contributed by atoms with Crippen molar-refractivity contribution < 1.29 is 0 Å². The highest BCUT2D eigenvalue weighted by Crippen LogP contribution is 2.31. The minimum atomic E-state index is 0.740. The van der Waals surface area contributed by atoms with Crippen molar-refractivity contribution in [3.63, 3.8) is 0 Å². The molecule has 0 aliphatic carbocycles. The van der Waals surface area contributed by atoms with Gasteiger partial charge in [0.05, 0.1) is 11.2 Å². The third-order valence-corrected chi connectivity index (χ3v) is 4.86. The van der Waals surface area contributed by atoms with Crippen LogP contribution in [0, 0.1) is 6.92 Å². The van der Waals surface area contributed by atoms with E-state index in [2.05, 4.69) is 62.4 Å². The molecule has 0 spiro atoms. The average molecular weight is 353 g/mol. The molecule has 0 aliphatic rings. The zero-order valence-corrected chi connectivity index (χ0v) is 15.0. The summed E-state index contributed by atoms with van der Waals surface area (Å²) >= 11 is 0. The molecule has 0 unspecified atom stereocenters. The molecular weight excluding hydrogens is 334 g/mol. The fourth-order valence-electron chi connectivity index (χ4n) is 3.44. The third kappa shape index (κ3) is 2.73. The molecule has 0 radical (unpaired) electrons. The topological polar surface area (TPSA) is 58.0 Å². The smallest absolute Gasteiger partial charge is 0.139 e. The maximum absolute atomic E-state index is 4.89. The lowest BCUT2D eigenvalue weighted by Crippen LogP contribution is -2.03. The number of aryl methyl sites for hydroxylation is 1. The molecule has 5 rings (SSSR count). The van der Waals surface area contributed by atoms with Gasteiger partial charge in [0, 0.05) is 23.7 Å². The highest BCUT2D eigenvalue weighted by atomic mass is 15.1. The van der Waals surface area contributed by atoms with Crippen LogP contribution >= 0.6 is 0 Å². The van der Waals surface area contributed by atoms with Crippen LogP contribution in [0.3, 0.4) is 0 Å². The first kappa shape index (κ1) is 15.6. The molecule has 0 saturated carbocycles. The molecule has 2 N–H and O–H groups in total. The van der Waals surface area contributed by atoms with Crippen molar-refractivity contribution in [3.05, 3.63) is 84.2 Å². The van der Waals surface area contributed by atoms with Gasteiger partial charge >= 0.3 is 0 Å². The monoisotopic (exact) mass is 353 g/mol. The summed E-state index contributed by atoms with van der Waals surface area (Å²) in [4.78, 5) is 4.89. The Hall–Kier alpha value is -3.60. The highest BCUT2D eigenvalue weighted by molar-refractivity contribution is 5.88. The van der Waals surface area contributed by atoms with Crippen molar-refractivity contribution in [1.82, 2.24) is 19.6 Å². The predicted molar refractivity (Wildman–Crippen MR) is 109 cm³/mol. The molecular formula is C22H19N5. The van der Waals surface area contributed by atoms with Crippen molar-refractivity contribution in [2.45, 2.75) is 13.5 Å². The Morgan fingerprint density at radius 1 is 1.00 bits per heavy atom. The van der Waals surface area contributed by atoms with Gasteiger partial charge in [-0.1, -0.05) is 42.5 Å². The second-order valence-electron chi connectivity index (χ2n) is 6.65. The van der Waals surface area contributed by atoms with E-state index in [1.807, 2.05) is 37.4 Å². The summed E-state index contributed by atoms with van der Waals surface area (Å²) < 4.78 is 2.10. The van der Waals surface area contributed by atoms with Gasteiger partial charge in [0.15, 0.2) is 0 Å². The van der Waals surface area contributed by atoms with E-state index in [0.717, 1.165) is 45.9 Å². The Morgan fingerprint density at radius 2 is 1.85 bits per heavy atom. The number of hydrogen-bond acceptors (Lipinski definition) is 3. The van der Waals surface area contributed by atoms with E-state index in [1.165, 1.54) is 5.56 Å². The quantitative estimate of drug-likeness (QED) is 0.488. The van der Waals surface area contributed by atoms with Gasteiger partial charge in [0.2, 0.25) is 0 Å². The lowest BCUT2D eigenvalue weighted by molar-refractivity contribution is 1.07. The van der Waals surface area contributed by atoms with E-state index >= 15 is 0 Å². The largest absolute Gasteiger partial charge is 0.365 e. The van der Waals surface area contributed by atoms with Gasteiger partial charge in [-0.25, -0.2) is 4.98 Å². The van der Waals surface area contributed by atoms with Crippen LogP contribution in [0.4, 0.5) is 5.82 Å². The molecule has 0 amide bonds. The first-order valence-corrected chi connectivity index (χ1v) is 8.99. The van der Waals surface area contributed by atoms with Crippen LogP contribution in [0.1, 0.15) is 11.3 Å². The Labute approximate surface area is 156 Å². The summed E-state index contributed by atoms with van der Waals surface area (Å²) in [5.41, 5.74) is 6.21. The molecule has 0 saturated heterocycles. The van der Waals surface area contributed by atoms with Crippen molar-refractivity contribution in [2.24, 2.45) is 0 Å². The van der Waals surface area contributed by atoms with Gasteiger partial charge in [-0.05, 0) is 36.8 Å². The number of nitrogens with zero attached hydrogens (tertiary/aromatic N) is 3. The van der Waals surface area contributed by atoms with Crippen LogP contribution in [-0.4, -0.2) is 19.6 Å². The Morgan fingerprint density at radius 3 is 2.74 bits per heavy atom. The maximum atomic E-state index is 4.89.